The molecular formula is C19H20N4O4. The predicted molar refractivity (Wildman–Crippen MR) is 98.7 cm³/mol. The fourth-order valence-corrected chi connectivity index (χ4v) is 3.19. The first kappa shape index (κ1) is 17.3. The average Bonchev–Trinajstić information content (AvgIpc) is 2.68. The van der Waals surface area contributed by atoms with Crippen molar-refractivity contribution in [2.24, 2.45) is 0 Å². The van der Waals surface area contributed by atoms with Gasteiger partial charge in [-0.3, -0.25) is 10.1 Å². The summed E-state index contributed by atoms with van der Waals surface area (Å²) >= 11 is 0. The Morgan fingerprint density at radius 1 is 1.26 bits per heavy atom. The molecule has 1 aromatic heterocycles. The summed E-state index contributed by atoms with van der Waals surface area (Å²) in [5.74, 6) is 0.855. The molecule has 0 spiro atoms. The predicted octanol–water partition coefficient (Wildman–Crippen LogP) is 2.41. The van der Waals surface area contributed by atoms with Crippen molar-refractivity contribution >= 4 is 23.6 Å². The summed E-state index contributed by atoms with van der Waals surface area (Å²) < 4.78 is 11.0. The van der Waals surface area contributed by atoms with E-state index in [4.69, 9.17) is 9.47 Å². The smallest absolute Gasteiger partial charge is 0.323 e. The van der Waals surface area contributed by atoms with Crippen molar-refractivity contribution in [3.63, 3.8) is 0 Å². The van der Waals surface area contributed by atoms with Crippen molar-refractivity contribution in [2.75, 3.05) is 30.4 Å². The monoisotopic (exact) mass is 368 g/mol. The summed E-state index contributed by atoms with van der Waals surface area (Å²) in [7, 11) is 0. The summed E-state index contributed by atoms with van der Waals surface area (Å²) in [5.41, 5.74) is 1.01. The number of nitrogens with zero attached hydrogens (tertiary/aromatic N) is 2. The van der Waals surface area contributed by atoms with Crippen molar-refractivity contribution in [1.82, 2.24) is 9.88 Å². The van der Waals surface area contributed by atoms with Crippen LogP contribution in [-0.2, 0) is 9.53 Å². The van der Waals surface area contributed by atoms with Gasteiger partial charge < -0.3 is 19.7 Å². The largest absolute Gasteiger partial charge is 0.480 e. The molecule has 0 aliphatic carbocycles. The number of morpholine rings is 1. The topological polar surface area (TPSA) is 92.8 Å². The number of hydrogen-bond donors (Lipinski definition) is 2. The fourth-order valence-electron chi connectivity index (χ4n) is 3.19. The number of benzene rings is 1. The van der Waals surface area contributed by atoms with Crippen LogP contribution in [0.5, 0.6) is 5.75 Å². The van der Waals surface area contributed by atoms with Gasteiger partial charge in [0.25, 0.3) is 5.91 Å². The number of carbonyl (C=O) groups excluding carboxylic acids is 2. The third-order valence-corrected chi connectivity index (χ3v) is 4.52. The SMILES string of the molecule is C[C@@H]1CN(C(=O)Nc2ccc3c(n2)NC(=O)CO3)[C@H](c2ccccc2)CO1. The number of fused-ring (bicyclic) bond motifs is 1. The number of aromatic nitrogens is 1. The zero-order valence-corrected chi connectivity index (χ0v) is 14.8. The maximum atomic E-state index is 12.9. The van der Waals surface area contributed by atoms with E-state index in [9.17, 15) is 9.59 Å². The zero-order valence-electron chi connectivity index (χ0n) is 14.8. The van der Waals surface area contributed by atoms with Crippen LogP contribution < -0.4 is 15.4 Å². The lowest BCUT2D eigenvalue weighted by Gasteiger charge is -2.38. The van der Waals surface area contributed by atoms with Crippen LogP contribution in [0.15, 0.2) is 42.5 Å². The van der Waals surface area contributed by atoms with Crippen molar-refractivity contribution in [3.8, 4) is 5.75 Å². The van der Waals surface area contributed by atoms with Gasteiger partial charge in [-0.15, -0.1) is 0 Å². The van der Waals surface area contributed by atoms with Crippen LogP contribution in [0.3, 0.4) is 0 Å². The Labute approximate surface area is 156 Å². The highest BCUT2D eigenvalue weighted by Crippen LogP contribution is 2.29. The first-order valence-electron chi connectivity index (χ1n) is 8.78. The van der Waals surface area contributed by atoms with Crippen LogP contribution in [0.1, 0.15) is 18.5 Å². The summed E-state index contributed by atoms with van der Waals surface area (Å²) in [5, 5.41) is 5.45. The van der Waals surface area contributed by atoms with E-state index < -0.39 is 0 Å². The molecule has 3 amide bonds. The Morgan fingerprint density at radius 3 is 2.89 bits per heavy atom. The summed E-state index contributed by atoms with van der Waals surface area (Å²) in [6, 6.07) is 12.7. The normalized spacial score (nSPS) is 21.7. The second-order valence-electron chi connectivity index (χ2n) is 6.53. The van der Waals surface area contributed by atoms with E-state index in [0.717, 1.165) is 5.56 Å². The quantitative estimate of drug-likeness (QED) is 0.849. The maximum absolute atomic E-state index is 12.9. The van der Waals surface area contributed by atoms with Gasteiger partial charge in [-0.25, -0.2) is 9.78 Å². The molecule has 2 N–H and O–H groups in total. The summed E-state index contributed by atoms with van der Waals surface area (Å²) in [6.07, 6.45) is -0.0557. The van der Waals surface area contributed by atoms with E-state index in [2.05, 4.69) is 15.6 Å². The molecule has 2 aliphatic rings. The van der Waals surface area contributed by atoms with E-state index in [1.807, 2.05) is 37.3 Å². The van der Waals surface area contributed by atoms with Crippen LogP contribution in [0.2, 0.25) is 0 Å². The minimum atomic E-state index is -0.273. The van der Waals surface area contributed by atoms with Crippen LogP contribution in [0.4, 0.5) is 16.4 Å². The number of anilines is 2. The van der Waals surface area contributed by atoms with Crippen molar-refractivity contribution in [1.29, 1.82) is 0 Å². The Morgan fingerprint density at radius 2 is 2.07 bits per heavy atom. The highest BCUT2D eigenvalue weighted by Gasteiger charge is 2.32. The number of rotatable bonds is 2. The number of pyridine rings is 1. The Bertz CT molecular complexity index is 858. The van der Waals surface area contributed by atoms with Gasteiger partial charge in [0.15, 0.2) is 18.2 Å². The molecule has 3 heterocycles. The molecule has 2 aromatic rings. The molecule has 140 valence electrons. The Balaban J connectivity index is 1.53. The molecule has 1 fully saturated rings. The second kappa shape index (κ2) is 7.24. The molecule has 2 atom stereocenters. The van der Waals surface area contributed by atoms with E-state index in [-0.39, 0.29) is 30.7 Å². The van der Waals surface area contributed by atoms with Gasteiger partial charge >= 0.3 is 6.03 Å². The molecule has 8 nitrogen and oxygen atoms in total. The summed E-state index contributed by atoms with van der Waals surface area (Å²) in [4.78, 5) is 30.4. The lowest BCUT2D eigenvalue weighted by Crippen LogP contribution is -2.48. The van der Waals surface area contributed by atoms with Gasteiger partial charge in [-0.05, 0) is 24.6 Å². The minimum absolute atomic E-state index is 0.0369. The number of ether oxygens (including phenoxy) is 2. The second-order valence-corrected chi connectivity index (χ2v) is 6.53. The van der Waals surface area contributed by atoms with Gasteiger partial charge in [0.05, 0.1) is 18.8 Å². The standard InChI is InChI=1S/C19H20N4O4/c1-12-9-23(14(10-26-12)13-5-3-2-4-6-13)19(25)21-16-8-7-15-18(20-16)22-17(24)11-27-15/h2-8,12,14H,9-11H2,1H3,(H2,20,21,22,24,25)/t12-,14+/m1/s1. The van der Waals surface area contributed by atoms with Crippen LogP contribution in [0.25, 0.3) is 0 Å². The molecule has 0 unspecified atom stereocenters. The van der Waals surface area contributed by atoms with E-state index in [1.165, 1.54) is 0 Å². The third-order valence-electron chi connectivity index (χ3n) is 4.52. The Hall–Kier alpha value is -3.13. The molecule has 27 heavy (non-hydrogen) atoms. The number of hydrogen-bond acceptors (Lipinski definition) is 5. The molecule has 4 rings (SSSR count). The van der Waals surface area contributed by atoms with Gasteiger partial charge in [-0.1, -0.05) is 30.3 Å². The van der Waals surface area contributed by atoms with Crippen molar-refractivity contribution < 1.29 is 19.1 Å². The third kappa shape index (κ3) is 3.70. The van der Waals surface area contributed by atoms with Gasteiger partial charge in [0.1, 0.15) is 5.82 Å². The minimum Gasteiger partial charge on any atom is -0.480 e. The number of amides is 3. The van der Waals surface area contributed by atoms with Crippen LogP contribution in [0, 0.1) is 0 Å². The van der Waals surface area contributed by atoms with Crippen molar-refractivity contribution in [2.45, 2.75) is 19.1 Å². The number of carbonyl (C=O) groups is 2. The van der Waals surface area contributed by atoms with Crippen LogP contribution >= 0.6 is 0 Å². The summed E-state index contributed by atoms with van der Waals surface area (Å²) in [6.45, 7) is 2.80. The van der Waals surface area contributed by atoms with Gasteiger partial charge in [0.2, 0.25) is 0 Å². The highest BCUT2D eigenvalue weighted by atomic mass is 16.5. The fraction of sp³-hybridized carbons (Fsp3) is 0.316. The average molecular weight is 368 g/mol. The molecule has 8 heteroatoms. The molecule has 0 radical (unpaired) electrons. The maximum Gasteiger partial charge on any atom is 0.323 e. The molecule has 2 aliphatic heterocycles. The lowest BCUT2D eigenvalue weighted by atomic mass is 10.0. The first-order valence-corrected chi connectivity index (χ1v) is 8.78. The molecule has 1 aromatic carbocycles. The zero-order chi connectivity index (χ0) is 18.8. The number of urea groups is 1. The van der Waals surface area contributed by atoms with E-state index in [0.29, 0.717) is 30.5 Å². The van der Waals surface area contributed by atoms with Crippen LogP contribution in [-0.4, -0.2) is 47.7 Å². The van der Waals surface area contributed by atoms with Gasteiger partial charge in [-0.2, -0.15) is 0 Å². The molecule has 0 bridgehead atoms. The first-order chi connectivity index (χ1) is 13.1. The van der Waals surface area contributed by atoms with Gasteiger partial charge in [0, 0.05) is 6.54 Å². The van der Waals surface area contributed by atoms with E-state index >= 15 is 0 Å². The molecule has 0 saturated carbocycles. The van der Waals surface area contributed by atoms with E-state index in [1.54, 1.807) is 17.0 Å². The lowest BCUT2D eigenvalue weighted by molar-refractivity contribution is -0.118. The number of nitrogens with one attached hydrogen (secondary N) is 2. The Kier molecular flexibility index (Phi) is 4.64. The highest BCUT2D eigenvalue weighted by molar-refractivity contribution is 5.95. The molecular weight excluding hydrogens is 348 g/mol. The van der Waals surface area contributed by atoms with Crippen molar-refractivity contribution in [3.05, 3.63) is 48.0 Å². The molecule has 1 saturated heterocycles.